The Morgan fingerprint density at radius 3 is 2.86 bits per heavy atom. The number of anilines is 1. The van der Waals surface area contributed by atoms with Crippen LogP contribution in [-0.2, 0) is 4.79 Å². The molecule has 1 atom stereocenters. The van der Waals surface area contributed by atoms with Gasteiger partial charge in [0.25, 0.3) is 5.69 Å². The van der Waals surface area contributed by atoms with E-state index in [1.165, 1.54) is 6.07 Å². The van der Waals surface area contributed by atoms with Crippen LogP contribution in [0.2, 0.25) is 5.02 Å². The Balaban J connectivity index is 2.36. The number of piperidine rings is 1. The van der Waals surface area contributed by atoms with Gasteiger partial charge in [-0.15, -0.1) is 0 Å². The summed E-state index contributed by atoms with van der Waals surface area (Å²) in [7, 11) is 0. The van der Waals surface area contributed by atoms with Crippen molar-refractivity contribution in [2.45, 2.75) is 38.6 Å². The normalized spacial score (nSPS) is 18.6. The number of hydrogen-bond acceptors (Lipinski definition) is 4. The minimum absolute atomic E-state index is 0.0635. The van der Waals surface area contributed by atoms with Gasteiger partial charge < -0.3 is 10.0 Å². The van der Waals surface area contributed by atoms with Crippen molar-refractivity contribution in [1.82, 2.24) is 0 Å². The van der Waals surface area contributed by atoms with E-state index in [0.29, 0.717) is 0 Å². The Kier molecular flexibility index (Phi) is 4.67. The van der Waals surface area contributed by atoms with E-state index in [1.807, 2.05) is 4.90 Å². The number of halogens is 1. The summed E-state index contributed by atoms with van der Waals surface area (Å²) >= 11 is 5.98. The fourth-order valence-electron chi connectivity index (χ4n) is 2.84. The van der Waals surface area contributed by atoms with Crippen molar-refractivity contribution < 1.29 is 14.8 Å². The number of hydrogen-bond donors (Lipinski definition) is 1. The molecule has 1 aliphatic heterocycles. The largest absolute Gasteiger partial charge is 0.481 e. The van der Waals surface area contributed by atoms with Crippen molar-refractivity contribution in [3.8, 4) is 0 Å². The van der Waals surface area contributed by atoms with Crippen molar-refractivity contribution in [3.63, 3.8) is 0 Å². The van der Waals surface area contributed by atoms with Gasteiger partial charge in [-0.3, -0.25) is 14.9 Å². The van der Waals surface area contributed by atoms with E-state index in [0.717, 1.165) is 37.1 Å². The molecule has 1 fully saturated rings. The number of benzene rings is 1. The van der Waals surface area contributed by atoms with Crippen LogP contribution in [0.5, 0.6) is 0 Å². The van der Waals surface area contributed by atoms with Crippen molar-refractivity contribution >= 4 is 28.9 Å². The molecule has 7 heteroatoms. The first kappa shape index (κ1) is 15.6. The van der Waals surface area contributed by atoms with Crippen molar-refractivity contribution in [2.24, 2.45) is 0 Å². The summed E-state index contributed by atoms with van der Waals surface area (Å²) in [6.07, 6.45) is 2.84. The molecule has 1 aromatic rings. The molecule has 1 unspecified atom stereocenters. The molecule has 0 aromatic heterocycles. The van der Waals surface area contributed by atoms with Gasteiger partial charge in [0.15, 0.2) is 0 Å². The van der Waals surface area contributed by atoms with Gasteiger partial charge in [0, 0.05) is 24.3 Å². The van der Waals surface area contributed by atoms with Crippen molar-refractivity contribution in [3.05, 3.63) is 32.8 Å². The Morgan fingerprint density at radius 2 is 2.24 bits per heavy atom. The number of nitrogens with zero attached hydrogens (tertiary/aromatic N) is 2. The highest BCUT2D eigenvalue weighted by molar-refractivity contribution is 6.33. The molecule has 114 valence electrons. The molecular weight excluding hydrogens is 296 g/mol. The summed E-state index contributed by atoms with van der Waals surface area (Å²) in [5.74, 6) is -0.836. The molecule has 1 aromatic carbocycles. The number of nitro benzene ring substituents is 1. The van der Waals surface area contributed by atoms with Crippen LogP contribution in [0.25, 0.3) is 0 Å². The van der Waals surface area contributed by atoms with E-state index in [9.17, 15) is 14.9 Å². The van der Waals surface area contributed by atoms with Gasteiger partial charge >= 0.3 is 5.97 Å². The Morgan fingerprint density at radius 1 is 1.52 bits per heavy atom. The summed E-state index contributed by atoms with van der Waals surface area (Å²) in [6, 6.07) is 2.94. The monoisotopic (exact) mass is 312 g/mol. The molecule has 0 radical (unpaired) electrons. The van der Waals surface area contributed by atoms with Crippen molar-refractivity contribution in [2.75, 3.05) is 11.4 Å². The van der Waals surface area contributed by atoms with Crippen LogP contribution < -0.4 is 4.90 Å². The zero-order valence-corrected chi connectivity index (χ0v) is 12.5. The first-order valence-corrected chi connectivity index (χ1v) is 7.21. The molecule has 1 N–H and O–H groups in total. The van der Waals surface area contributed by atoms with Crippen LogP contribution in [-0.4, -0.2) is 28.6 Å². The summed E-state index contributed by atoms with van der Waals surface area (Å²) in [4.78, 5) is 23.4. The molecule has 0 amide bonds. The van der Waals surface area contributed by atoms with E-state index < -0.39 is 10.9 Å². The molecule has 1 saturated heterocycles. The van der Waals surface area contributed by atoms with Gasteiger partial charge in [0.05, 0.1) is 11.3 Å². The van der Waals surface area contributed by atoms with E-state index >= 15 is 0 Å². The molecule has 0 saturated carbocycles. The minimum atomic E-state index is -0.836. The van der Waals surface area contributed by atoms with E-state index in [1.54, 1.807) is 13.0 Å². The number of aryl methyl sites for hydroxylation is 1. The quantitative estimate of drug-likeness (QED) is 0.680. The third-order valence-corrected chi connectivity index (χ3v) is 4.11. The fraction of sp³-hybridized carbons (Fsp3) is 0.500. The van der Waals surface area contributed by atoms with Gasteiger partial charge in [-0.1, -0.05) is 11.6 Å². The first-order valence-electron chi connectivity index (χ1n) is 6.83. The lowest BCUT2D eigenvalue weighted by Gasteiger charge is -2.37. The maximum atomic E-state index is 11.0. The molecule has 2 rings (SSSR count). The van der Waals surface area contributed by atoms with Crippen LogP contribution in [0.1, 0.15) is 31.2 Å². The van der Waals surface area contributed by atoms with Gasteiger partial charge in [0.2, 0.25) is 0 Å². The number of carboxylic acids is 1. The fourth-order valence-corrected chi connectivity index (χ4v) is 3.06. The van der Waals surface area contributed by atoms with E-state index in [-0.39, 0.29) is 23.2 Å². The molecule has 0 bridgehead atoms. The lowest BCUT2D eigenvalue weighted by molar-refractivity contribution is -0.384. The minimum Gasteiger partial charge on any atom is -0.481 e. The zero-order valence-electron chi connectivity index (χ0n) is 11.7. The summed E-state index contributed by atoms with van der Waals surface area (Å²) in [6.45, 7) is 2.53. The maximum Gasteiger partial charge on any atom is 0.305 e. The second-order valence-electron chi connectivity index (χ2n) is 5.29. The molecule has 1 heterocycles. The molecule has 6 nitrogen and oxygen atoms in total. The predicted molar refractivity (Wildman–Crippen MR) is 80.1 cm³/mol. The topological polar surface area (TPSA) is 83.7 Å². The number of rotatable bonds is 4. The Bertz CT molecular complexity index is 576. The number of carboxylic acid groups (broad SMARTS) is 1. The summed E-state index contributed by atoms with van der Waals surface area (Å²) in [5.41, 5.74) is 1.41. The lowest BCUT2D eigenvalue weighted by atomic mass is 9.97. The SMILES string of the molecule is Cc1cc([N+](=O)[O-])c(Cl)cc1N1CCCCC1CC(=O)O. The van der Waals surface area contributed by atoms with Crippen LogP contribution >= 0.6 is 11.6 Å². The number of nitro groups is 1. The molecule has 1 aliphatic rings. The summed E-state index contributed by atoms with van der Waals surface area (Å²) in [5, 5.41) is 20.0. The van der Waals surface area contributed by atoms with Gasteiger partial charge in [0.1, 0.15) is 5.02 Å². The second-order valence-corrected chi connectivity index (χ2v) is 5.70. The van der Waals surface area contributed by atoms with Gasteiger partial charge in [-0.05, 0) is 37.8 Å². The van der Waals surface area contributed by atoms with E-state index in [4.69, 9.17) is 16.7 Å². The predicted octanol–water partition coefficient (Wildman–Crippen LogP) is 3.39. The molecule has 0 aliphatic carbocycles. The highest BCUT2D eigenvalue weighted by atomic mass is 35.5. The van der Waals surface area contributed by atoms with Crippen LogP contribution in [0, 0.1) is 17.0 Å². The highest BCUT2D eigenvalue weighted by Gasteiger charge is 2.27. The summed E-state index contributed by atoms with van der Waals surface area (Å²) < 4.78 is 0. The maximum absolute atomic E-state index is 11.0. The Labute approximate surface area is 127 Å². The molecule has 21 heavy (non-hydrogen) atoms. The van der Waals surface area contributed by atoms with Gasteiger partial charge in [-0.25, -0.2) is 0 Å². The van der Waals surface area contributed by atoms with Gasteiger partial charge in [-0.2, -0.15) is 0 Å². The average molecular weight is 313 g/mol. The molecule has 0 spiro atoms. The number of aliphatic carboxylic acids is 1. The highest BCUT2D eigenvalue weighted by Crippen LogP contribution is 2.35. The zero-order chi connectivity index (χ0) is 15.6. The standard InChI is InChI=1S/C14H17ClN2O4/c1-9-6-13(17(20)21)11(15)8-12(9)16-5-3-2-4-10(16)7-14(18)19/h6,8,10H,2-5,7H2,1H3,(H,18,19). The Hall–Kier alpha value is -1.82. The second kappa shape index (κ2) is 6.30. The van der Waals surface area contributed by atoms with E-state index in [2.05, 4.69) is 0 Å². The lowest BCUT2D eigenvalue weighted by Crippen LogP contribution is -2.41. The number of carbonyl (C=O) groups is 1. The van der Waals surface area contributed by atoms with Crippen molar-refractivity contribution in [1.29, 1.82) is 0 Å². The smallest absolute Gasteiger partial charge is 0.305 e. The van der Waals surface area contributed by atoms with Crippen LogP contribution in [0.4, 0.5) is 11.4 Å². The first-order chi connectivity index (χ1) is 9.90. The average Bonchev–Trinajstić information content (AvgIpc) is 2.41. The van der Waals surface area contributed by atoms with Crippen LogP contribution in [0.3, 0.4) is 0 Å². The third kappa shape index (κ3) is 3.44. The molecular formula is C14H17ClN2O4. The van der Waals surface area contributed by atoms with Crippen LogP contribution in [0.15, 0.2) is 12.1 Å². The third-order valence-electron chi connectivity index (χ3n) is 3.81.